The molecule has 0 aliphatic carbocycles. The number of rotatable bonds is 3. The first-order chi connectivity index (χ1) is 8.45. The van der Waals surface area contributed by atoms with Gasteiger partial charge in [-0.3, -0.25) is 0 Å². The molecule has 0 aliphatic heterocycles. The number of nitrogens with one attached hydrogen (secondary N) is 2. The molecule has 4 heteroatoms. The van der Waals surface area contributed by atoms with Crippen molar-refractivity contribution in [3.63, 3.8) is 0 Å². The van der Waals surface area contributed by atoms with Crippen molar-refractivity contribution in [3.8, 4) is 0 Å². The fourth-order valence-corrected chi connectivity index (χ4v) is 2.16. The average Bonchev–Trinajstić information content (AvgIpc) is 2.74. The largest absolute Gasteiger partial charge is 0.378 e. The number of aromatic amines is 1. The molecule has 0 amide bonds. The van der Waals surface area contributed by atoms with Crippen molar-refractivity contribution in [2.24, 2.45) is 0 Å². The number of nitrogens with zero attached hydrogens (tertiary/aromatic N) is 1. The van der Waals surface area contributed by atoms with Gasteiger partial charge in [0.1, 0.15) is 5.82 Å². The molecule has 2 aromatic rings. The second-order valence-electron chi connectivity index (χ2n) is 5.36. The summed E-state index contributed by atoms with van der Waals surface area (Å²) in [5.74, 6) is 0.971. The van der Waals surface area contributed by atoms with Crippen LogP contribution in [0.2, 0.25) is 0 Å². The monoisotopic (exact) mass is 355 g/mol. The maximum Gasteiger partial charge on any atom is 0.125 e. The van der Waals surface area contributed by atoms with Crippen molar-refractivity contribution in [3.05, 3.63) is 45.6 Å². The van der Waals surface area contributed by atoms with E-state index < -0.39 is 0 Å². The van der Waals surface area contributed by atoms with Crippen molar-refractivity contribution in [2.45, 2.75) is 32.7 Å². The lowest BCUT2D eigenvalue weighted by molar-refractivity contribution is 0.571. The lowest BCUT2D eigenvalue weighted by Crippen LogP contribution is -2.11. The van der Waals surface area contributed by atoms with Crippen molar-refractivity contribution in [2.75, 3.05) is 5.32 Å². The highest BCUT2D eigenvalue weighted by atomic mass is 127. The van der Waals surface area contributed by atoms with E-state index in [2.05, 4.69) is 76.8 Å². The highest BCUT2D eigenvalue weighted by molar-refractivity contribution is 14.1. The smallest absolute Gasteiger partial charge is 0.125 e. The van der Waals surface area contributed by atoms with E-state index in [1.54, 1.807) is 0 Å². The molecule has 0 spiro atoms. The van der Waals surface area contributed by atoms with E-state index in [-0.39, 0.29) is 5.41 Å². The van der Waals surface area contributed by atoms with Crippen LogP contribution in [0.4, 0.5) is 5.69 Å². The molecule has 0 unspecified atom stereocenters. The normalized spacial score (nSPS) is 11.6. The van der Waals surface area contributed by atoms with Gasteiger partial charge in [-0.25, -0.2) is 4.98 Å². The highest BCUT2D eigenvalue weighted by Gasteiger charge is 2.16. The lowest BCUT2D eigenvalue weighted by Gasteiger charge is -2.15. The summed E-state index contributed by atoms with van der Waals surface area (Å²) < 4.78 is 1.23. The Hall–Kier alpha value is -1.04. The number of aromatic nitrogens is 2. The van der Waals surface area contributed by atoms with Crippen LogP contribution in [0.25, 0.3) is 0 Å². The van der Waals surface area contributed by atoms with Crippen LogP contribution in [0.15, 0.2) is 30.5 Å². The van der Waals surface area contributed by atoms with Crippen molar-refractivity contribution in [1.29, 1.82) is 0 Å². The van der Waals surface area contributed by atoms with Crippen LogP contribution in [-0.2, 0) is 12.0 Å². The number of halogens is 1. The van der Waals surface area contributed by atoms with Gasteiger partial charge in [-0.2, -0.15) is 0 Å². The zero-order valence-corrected chi connectivity index (χ0v) is 13.1. The summed E-state index contributed by atoms with van der Waals surface area (Å²) in [6, 6.07) is 8.31. The van der Waals surface area contributed by atoms with Gasteiger partial charge in [0.25, 0.3) is 0 Å². The first kappa shape index (κ1) is 13.4. The maximum atomic E-state index is 4.40. The molecule has 0 bridgehead atoms. The molecule has 0 atom stereocenters. The minimum atomic E-state index is 0.118. The molecule has 0 saturated heterocycles. The fourth-order valence-electron chi connectivity index (χ4n) is 1.62. The second kappa shape index (κ2) is 5.30. The van der Waals surface area contributed by atoms with E-state index in [1.807, 2.05) is 12.3 Å². The van der Waals surface area contributed by atoms with Gasteiger partial charge >= 0.3 is 0 Å². The predicted molar refractivity (Wildman–Crippen MR) is 83.8 cm³/mol. The Bertz CT molecular complexity index is 526. The Balaban J connectivity index is 2.01. The van der Waals surface area contributed by atoms with Gasteiger partial charge < -0.3 is 10.3 Å². The molecule has 2 N–H and O–H groups in total. The van der Waals surface area contributed by atoms with Gasteiger partial charge in [-0.05, 0) is 40.8 Å². The first-order valence-electron chi connectivity index (χ1n) is 5.99. The van der Waals surface area contributed by atoms with E-state index in [0.717, 1.165) is 18.1 Å². The molecule has 2 rings (SSSR count). The molecule has 0 aliphatic rings. The third-order valence-corrected chi connectivity index (χ3v) is 3.39. The molecule has 96 valence electrons. The molecular formula is C14H18IN3. The van der Waals surface area contributed by atoms with Gasteiger partial charge in [0, 0.05) is 26.6 Å². The third kappa shape index (κ3) is 3.48. The summed E-state index contributed by atoms with van der Waals surface area (Å²) >= 11 is 2.31. The highest BCUT2D eigenvalue weighted by Crippen LogP contribution is 2.20. The molecule has 0 radical (unpaired) electrons. The van der Waals surface area contributed by atoms with Crippen LogP contribution in [0.5, 0.6) is 0 Å². The average molecular weight is 355 g/mol. The topological polar surface area (TPSA) is 40.7 Å². The Morgan fingerprint density at radius 3 is 2.72 bits per heavy atom. The minimum Gasteiger partial charge on any atom is -0.378 e. The molecule has 0 saturated carbocycles. The Kier molecular flexibility index (Phi) is 3.94. The second-order valence-corrected chi connectivity index (χ2v) is 6.60. The maximum absolute atomic E-state index is 4.40. The summed E-state index contributed by atoms with van der Waals surface area (Å²) in [5, 5.41) is 3.37. The molecule has 0 fully saturated rings. The quantitative estimate of drug-likeness (QED) is 0.820. The Morgan fingerprint density at radius 2 is 2.11 bits per heavy atom. The number of hydrogen-bond acceptors (Lipinski definition) is 2. The lowest BCUT2D eigenvalue weighted by atomic mass is 9.93. The zero-order chi connectivity index (χ0) is 13.2. The number of anilines is 1. The SMILES string of the molecule is CC(C)(C)c1cnc(CNc2cccc(I)c2)[nH]1. The molecule has 1 aromatic carbocycles. The Labute approximate surface area is 122 Å². The zero-order valence-electron chi connectivity index (χ0n) is 10.9. The molecule has 1 heterocycles. The molecule has 18 heavy (non-hydrogen) atoms. The van der Waals surface area contributed by atoms with Gasteiger partial charge in [0.2, 0.25) is 0 Å². The molecule has 1 aromatic heterocycles. The van der Waals surface area contributed by atoms with Crippen LogP contribution < -0.4 is 5.32 Å². The number of imidazole rings is 1. The summed E-state index contributed by atoms with van der Waals surface area (Å²) in [5.41, 5.74) is 2.41. The summed E-state index contributed by atoms with van der Waals surface area (Å²) in [4.78, 5) is 7.76. The van der Waals surface area contributed by atoms with Crippen LogP contribution in [0.1, 0.15) is 32.3 Å². The minimum absolute atomic E-state index is 0.118. The molecule has 3 nitrogen and oxygen atoms in total. The standard InChI is InChI=1S/C14H18IN3/c1-14(2,3)12-8-17-13(18-12)9-16-11-6-4-5-10(15)7-11/h4-8,16H,9H2,1-3H3,(H,17,18). The van der Waals surface area contributed by atoms with E-state index in [4.69, 9.17) is 0 Å². The van der Waals surface area contributed by atoms with Crippen LogP contribution in [0.3, 0.4) is 0 Å². The van der Waals surface area contributed by atoms with E-state index in [9.17, 15) is 0 Å². The summed E-state index contributed by atoms with van der Waals surface area (Å²) in [7, 11) is 0. The van der Waals surface area contributed by atoms with Crippen LogP contribution in [0, 0.1) is 3.57 Å². The van der Waals surface area contributed by atoms with Crippen molar-refractivity contribution in [1.82, 2.24) is 9.97 Å². The van der Waals surface area contributed by atoms with Gasteiger partial charge in [0.15, 0.2) is 0 Å². The van der Waals surface area contributed by atoms with Crippen LogP contribution >= 0.6 is 22.6 Å². The Morgan fingerprint density at radius 1 is 1.33 bits per heavy atom. The van der Waals surface area contributed by atoms with E-state index >= 15 is 0 Å². The van der Waals surface area contributed by atoms with Gasteiger partial charge in [0.05, 0.1) is 6.54 Å². The fraction of sp³-hybridized carbons (Fsp3) is 0.357. The van der Waals surface area contributed by atoms with E-state index in [1.165, 1.54) is 9.26 Å². The first-order valence-corrected chi connectivity index (χ1v) is 7.07. The third-order valence-electron chi connectivity index (χ3n) is 2.72. The number of H-pyrrole nitrogens is 1. The molecular weight excluding hydrogens is 337 g/mol. The van der Waals surface area contributed by atoms with Crippen LogP contribution in [-0.4, -0.2) is 9.97 Å². The van der Waals surface area contributed by atoms with E-state index in [0.29, 0.717) is 0 Å². The van der Waals surface area contributed by atoms with Crippen molar-refractivity contribution >= 4 is 28.3 Å². The van der Waals surface area contributed by atoms with Gasteiger partial charge in [-0.15, -0.1) is 0 Å². The number of hydrogen-bond donors (Lipinski definition) is 2. The summed E-state index contributed by atoms with van der Waals surface area (Å²) in [6.45, 7) is 7.25. The number of benzene rings is 1. The van der Waals surface area contributed by atoms with Crippen molar-refractivity contribution < 1.29 is 0 Å². The van der Waals surface area contributed by atoms with Gasteiger partial charge in [-0.1, -0.05) is 26.8 Å². The summed E-state index contributed by atoms with van der Waals surface area (Å²) in [6.07, 6.45) is 1.92. The predicted octanol–water partition coefficient (Wildman–Crippen LogP) is 3.92.